The first kappa shape index (κ1) is 17.9. The van der Waals surface area contributed by atoms with Gasteiger partial charge < -0.3 is 10.1 Å². The van der Waals surface area contributed by atoms with E-state index in [0.717, 1.165) is 0 Å². The smallest absolute Gasteiger partial charge is 0.254 e. The summed E-state index contributed by atoms with van der Waals surface area (Å²) in [6.45, 7) is 0.0110. The van der Waals surface area contributed by atoms with E-state index < -0.39 is 21.7 Å². The highest BCUT2D eigenvalue weighted by atomic mass is 32.2. The van der Waals surface area contributed by atoms with E-state index >= 15 is 0 Å². The zero-order chi connectivity index (χ0) is 17.6. The third kappa shape index (κ3) is 4.53. The summed E-state index contributed by atoms with van der Waals surface area (Å²) in [5, 5.41) is 2.46. The third-order valence-corrected chi connectivity index (χ3v) is 4.67. The minimum absolute atomic E-state index is 0.0193. The fraction of sp³-hybridized carbons (Fsp3) is 0.188. The van der Waals surface area contributed by atoms with Crippen molar-refractivity contribution in [1.82, 2.24) is 10.0 Å². The van der Waals surface area contributed by atoms with Crippen LogP contribution in [-0.4, -0.2) is 34.5 Å². The van der Waals surface area contributed by atoms with Gasteiger partial charge in [-0.25, -0.2) is 17.5 Å². The van der Waals surface area contributed by atoms with E-state index in [0.29, 0.717) is 5.75 Å². The molecular weight excluding hydrogens is 335 g/mol. The Kier molecular flexibility index (Phi) is 5.88. The minimum atomic E-state index is -3.69. The van der Waals surface area contributed by atoms with Gasteiger partial charge >= 0.3 is 0 Å². The maximum Gasteiger partial charge on any atom is 0.254 e. The molecule has 24 heavy (non-hydrogen) atoms. The summed E-state index contributed by atoms with van der Waals surface area (Å²) in [5.74, 6) is -0.684. The Morgan fingerprint density at radius 1 is 1.08 bits per heavy atom. The number of benzene rings is 2. The predicted molar refractivity (Wildman–Crippen MR) is 86.9 cm³/mol. The fourth-order valence-electron chi connectivity index (χ4n) is 1.94. The molecule has 0 aliphatic rings. The van der Waals surface area contributed by atoms with Gasteiger partial charge in [-0.15, -0.1) is 0 Å². The van der Waals surface area contributed by atoms with E-state index in [1.807, 2.05) is 0 Å². The number of hydrogen-bond acceptors (Lipinski definition) is 4. The number of carbonyl (C=O) groups is 1. The SMILES string of the molecule is COc1ccc(S(=O)(=O)NCCNC(=O)c2ccccc2F)cc1. The van der Waals surface area contributed by atoms with E-state index in [4.69, 9.17) is 4.74 Å². The fourth-order valence-corrected chi connectivity index (χ4v) is 2.97. The van der Waals surface area contributed by atoms with E-state index in [9.17, 15) is 17.6 Å². The summed E-state index contributed by atoms with van der Waals surface area (Å²) in [6.07, 6.45) is 0. The molecule has 6 nitrogen and oxygen atoms in total. The minimum Gasteiger partial charge on any atom is -0.497 e. The molecule has 128 valence electrons. The number of halogens is 1. The molecule has 2 rings (SSSR count). The maximum atomic E-state index is 13.4. The van der Waals surface area contributed by atoms with Gasteiger partial charge in [0.1, 0.15) is 11.6 Å². The van der Waals surface area contributed by atoms with Gasteiger partial charge in [0, 0.05) is 13.1 Å². The monoisotopic (exact) mass is 352 g/mol. The number of ether oxygens (including phenoxy) is 1. The summed E-state index contributed by atoms with van der Waals surface area (Å²) >= 11 is 0. The topological polar surface area (TPSA) is 84.5 Å². The Labute approximate surface area is 139 Å². The molecule has 0 spiro atoms. The zero-order valence-corrected chi connectivity index (χ0v) is 13.8. The van der Waals surface area contributed by atoms with Gasteiger partial charge in [-0.1, -0.05) is 12.1 Å². The molecule has 0 radical (unpaired) electrons. The molecule has 0 bridgehead atoms. The first-order chi connectivity index (χ1) is 11.4. The van der Waals surface area contributed by atoms with Crippen molar-refractivity contribution >= 4 is 15.9 Å². The van der Waals surface area contributed by atoms with Crippen molar-refractivity contribution in [3.8, 4) is 5.75 Å². The Hall–Kier alpha value is -2.45. The Bertz CT molecular complexity index is 807. The lowest BCUT2D eigenvalue weighted by Gasteiger charge is -2.09. The molecule has 0 aliphatic carbocycles. The maximum absolute atomic E-state index is 13.4. The molecule has 0 fully saturated rings. The number of sulfonamides is 1. The van der Waals surface area contributed by atoms with E-state index in [-0.39, 0.29) is 23.5 Å². The molecule has 0 atom stereocenters. The van der Waals surface area contributed by atoms with E-state index in [2.05, 4.69) is 10.0 Å². The highest BCUT2D eigenvalue weighted by Crippen LogP contribution is 2.15. The van der Waals surface area contributed by atoms with Gasteiger partial charge in [0.25, 0.3) is 5.91 Å². The number of carbonyl (C=O) groups excluding carboxylic acids is 1. The molecule has 2 aromatic rings. The summed E-state index contributed by atoms with van der Waals surface area (Å²) in [7, 11) is -2.20. The van der Waals surface area contributed by atoms with Gasteiger partial charge in [0.2, 0.25) is 10.0 Å². The largest absolute Gasteiger partial charge is 0.497 e. The lowest BCUT2D eigenvalue weighted by molar-refractivity contribution is 0.0950. The average Bonchev–Trinajstić information content (AvgIpc) is 2.59. The first-order valence-corrected chi connectivity index (χ1v) is 8.59. The second kappa shape index (κ2) is 7.89. The lowest BCUT2D eigenvalue weighted by atomic mass is 10.2. The van der Waals surface area contributed by atoms with Crippen molar-refractivity contribution in [2.45, 2.75) is 4.90 Å². The number of hydrogen-bond donors (Lipinski definition) is 2. The number of amides is 1. The third-order valence-electron chi connectivity index (χ3n) is 3.19. The van der Waals surface area contributed by atoms with Gasteiger partial charge in [0.05, 0.1) is 17.6 Å². The van der Waals surface area contributed by atoms with Crippen LogP contribution in [0.2, 0.25) is 0 Å². The Balaban J connectivity index is 1.87. The summed E-state index contributed by atoms with van der Waals surface area (Å²) < 4.78 is 44.9. The number of rotatable bonds is 7. The van der Waals surface area contributed by atoms with Crippen molar-refractivity contribution in [1.29, 1.82) is 0 Å². The quantitative estimate of drug-likeness (QED) is 0.741. The predicted octanol–water partition coefficient (Wildman–Crippen LogP) is 1.54. The standard InChI is InChI=1S/C16H17FN2O4S/c1-23-12-6-8-13(9-7-12)24(21,22)19-11-10-18-16(20)14-4-2-3-5-15(14)17/h2-9,19H,10-11H2,1H3,(H,18,20). The van der Waals surface area contributed by atoms with Crippen LogP contribution in [0, 0.1) is 5.82 Å². The van der Waals surface area contributed by atoms with Crippen LogP contribution in [-0.2, 0) is 10.0 Å². The molecule has 0 aliphatic heterocycles. The highest BCUT2D eigenvalue weighted by molar-refractivity contribution is 7.89. The van der Waals surface area contributed by atoms with Crippen LogP contribution >= 0.6 is 0 Å². The Morgan fingerprint density at radius 2 is 1.75 bits per heavy atom. The molecule has 8 heteroatoms. The normalized spacial score (nSPS) is 11.1. The van der Waals surface area contributed by atoms with E-state index in [1.165, 1.54) is 49.6 Å². The molecule has 0 heterocycles. The van der Waals surface area contributed by atoms with Crippen LogP contribution < -0.4 is 14.8 Å². The highest BCUT2D eigenvalue weighted by Gasteiger charge is 2.14. The van der Waals surface area contributed by atoms with Crippen molar-refractivity contribution in [3.05, 3.63) is 59.9 Å². The van der Waals surface area contributed by atoms with Crippen LogP contribution in [0.5, 0.6) is 5.75 Å². The van der Waals surface area contributed by atoms with Crippen LogP contribution in [0.3, 0.4) is 0 Å². The molecule has 0 unspecified atom stereocenters. The molecule has 2 N–H and O–H groups in total. The molecule has 0 aromatic heterocycles. The van der Waals surface area contributed by atoms with Gasteiger partial charge in [0.15, 0.2) is 0 Å². The second-order valence-corrected chi connectivity index (χ2v) is 6.58. The molecule has 2 aromatic carbocycles. The summed E-state index contributed by atoms with van der Waals surface area (Å²) in [6, 6.07) is 11.5. The lowest BCUT2D eigenvalue weighted by Crippen LogP contribution is -2.35. The number of methoxy groups -OCH3 is 1. The van der Waals surface area contributed by atoms with Crippen molar-refractivity contribution in [3.63, 3.8) is 0 Å². The van der Waals surface area contributed by atoms with Crippen LogP contribution in [0.25, 0.3) is 0 Å². The summed E-state index contributed by atoms with van der Waals surface area (Å²) in [4.78, 5) is 11.9. The first-order valence-electron chi connectivity index (χ1n) is 7.10. The van der Waals surface area contributed by atoms with Crippen molar-refractivity contribution in [2.24, 2.45) is 0 Å². The van der Waals surface area contributed by atoms with Crippen LogP contribution in [0.1, 0.15) is 10.4 Å². The van der Waals surface area contributed by atoms with Crippen LogP contribution in [0.4, 0.5) is 4.39 Å². The van der Waals surface area contributed by atoms with Crippen LogP contribution in [0.15, 0.2) is 53.4 Å². The van der Waals surface area contributed by atoms with Gasteiger partial charge in [-0.3, -0.25) is 4.79 Å². The molecule has 1 amide bonds. The zero-order valence-electron chi connectivity index (χ0n) is 13.0. The molecular formula is C16H17FN2O4S. The van der Waals surface area contributed by atoms with E-state index in [1.54, 1.807) is 6.07 Å². The van der Waals surface area contributed by atoms with Gasteiger partial charge in [-0.2, -0.15) is 0 Å². The Morgan fingerprint density at radius 3 is 2.38 bits per heavy atom. The average molecular weight is 352 g/mol. The van der Waals surface area contributed by atoms with Crippen molar-refractivity contribution < 1.29 is 22.3 Å². The van der Waals surface area contributed by atoms with Gasteiger partial charge in [-0.05, 0) is 36.4 Å². The second-order valence-electron chi connectivity index (χ2n) is 4.81. The number of nitrogens with one attached hydrogen (secondary N) is 2. The summed E-state index contributed by atoms with van der Waals surface area (Å²) in [5.41, 5.74) is -0.0875. The molecule has 0 saturated heterocycles. The van der Waals surface area contributed by atoms with Crippen molar-refractivity contribution in [2.75, 3.05) is 20.2 Å². The molecule has 0 saturated carbocycles.